The SMILES string of the molecule is CC1(CNC(=O)[C@@H]2CC[C@H](C(=O)O)O2)CCCCCC1. The highest BCUT2D eigenvalue weighted by Gasteiger charge is 2.35. The first-order valence-electron chi connectivity index (χ1n) is 7.66. The molecule has 5 heteroatoms. The molecule has 1 saturated carbocycles. The first-order chi connectivity index (χ1) is 9.50. The van der Waals surface area contributed by atoms with Crippen molar-refractivity contribution in [2.45, 2.75) is 70.5 Å². The van der Waals surface area contributed by atoms with Gasteiger partial charge in [-0.3, -0.25) is 4.79 Å². The van der Waals surface area contributed by atoms with Gasteiger partial charge in [0, 0.05) is 6.54 Å². The van der Waals surface area contributed by atoms with E-state index in [1.165, 1.54) is 25.7 Å². The van der Waals surface area contributed by atoms with Crippen LogP contribution in [0.1, 0.15) is 58.3 Å². The van der Waals surface area contributed by atoms with E-state index in [0.717, 1.165) is 12.8 Å². The Morgan fingerprint density at radius 2 is 1.75 bits per heavy atom. The van der Waals surface area contributed by atoms with Gasteiger partial charge in [0.05, 0.1) is 0 Å². The van der Waals surface area contributed by atoms with E-state index in [1.54, 1.807) is 0 Å². The van der Waals surface area contributed by atoms with Gasteiger partial charge in [0.15, 0.2) is 6.10 Å². The molecule has 5 nitrogen and oxygen atoms in total. The summed E-state index contributed by atoms with van der Waals surface area (Å²) in [6, 6.07) is 0. The highest BCUT2D eigenvalue weighted by atomic mass is 16.5. The average molecular weight is 283 g/mol. The van der Waals surface area contributed by atoms with E-state index in [9.17, 15) is 9.59 Å². The molecule has 20 heavy (non-hydrogen) atoms. The van der Waals surface area contributed by atoms with Crippen LogP contribution in [0.2, 0.25) is 0 Å². The van der Waals surface area contributed by atoms with Gasteiger partial charge in [-0.25, -0.2) is 4.79 Å². The van der Waals surface area contributed by atoms with Crippen LogP contribution in [0.25, 0.3) is 0 Å². The number of nitrogens with one attached hydrogen (secondary N) is 1. The molecule has 114 valence electrons. The number of carbonyl (C=O) groups excluding carboxylic acids is 1. The Kier molecular flexibility index (Phi) is 5.02. The smallest absolute Gasteiger partial charge is 0.332 e. The second-order valence-electron chi connectivity index (χ2n) is 6.47. The van der Waals surface area contributed by atoms with Crippen LogP contribution in [-0.2, 0) is 14.3 Å². The lowest BCUT2D eigenvalue weighted by molar-refractivity contribution is -0.151. The minimum atomic E-state index is -0.976. The summed E-state index contributed by atoms with van der Waals surface area (Å²) in [4.78, 5) is 22.9. The Bertz CT molecular complexity index is 361. The number of carbonyl (C=O) groups is 2. The third kappa shape index (κ3) is 3.95. The molecule has 0 bridgehead atoms. The van der Waals surface area contributed by atoms with Gasteiger partial charge in [-0.15, -0.1) is 0 Å². The van der Waals surface area contributed by atoms with Gasteiger partial charge in [0.2, 0.25) is 5.91 Å². The fraction of sp³-hybridized carbons (Fsp3) is 0.867. The van der Waals surface area contributed by atoms with Crippen molar-refractivity contribution in [3.63, 3.8) is 0 Å². The Hall–Kier alpha value is -1.10. The van der Waals surface area contributed by atoms with E-state index < -0.39 is 18.2 Å². The summed E-state index contributed by atoms with van der Waals surface area (Å²) in [5.41, 5.74) is 0.178. The quantitative estimate of drug-likeness (QED) is 0.775. The number of ether oxygens (including phenoxy) is 1. The standard InChI is InChI=1S/C15H25NO4/c1-15(8-4-2-3-5-9-15)10-16-13(17)11-6-7-12(20-11)14(18)19/h11-12H,2-10H2,1H3,(H,16,17)(H,18,19)/t11-,12+/m0/s1. The summed E-state index contributed by atoms with van der Waals surface area (Å²) in [5.74, 6) is -1.13. The highest BCUT2D eigenvalue weighted by Crippen LogP contribution is 2.33. The van der Waals surface area contributed by atoms with Crippen LogP contribution in [0.5, 0.6) is 0 Å². The van der Waals surface area contributed by atoms with E-state index in [2.05, 4.69) is 12.2 Å². The second kappa shape index (κ2) is 6.57. The Labute approximate surface area is 120 Å². The van der Waals surface area contributed by atoms with Crippen molar-refractivity contribution in [2.75, 3.05) is 6.54 Å². The molecule has 0 spiro atoms. The molecule has 1 heterocycles. The van der Waals surface area contributed by atoms with E-state index in [0.29, 0.717) is 19.4 Å². The summed E-state index contributed by atoms with van der Waals surface area (Å²) >= 11 is 0. The summed E-state index contributed by atoms with van der Waals surface area (Å²) in [7, 11) is 0. The fourth-order valence-corrected chi connectivity index (χ4v) is 3.18. The van der Waals surface area contributed by atoms with Crippen LogP contribution in [0.4, 0.5) is 0 Å². The molecule has 0 aromatic heterocycles. The van der Waals surface area contributed by atoms with E-state index in [4.69, 9.17) is 9.84 Å². The van der Waals surface area contributed by atoms with Crippen LogP contribution in [-0.4, -0.2) is 35.7 Å². The first-order valence-corrected chi connectivity index (χ1v) is 7.66. The minimum absolute atomic E-state index is 0.153. The molecule has 0 unspecified atom stereocenters. The van der Waals surface area contributed by atoms with Crippen molar-refractivity contribution in [1.82, 2.24) is 5.32 Å². The molecule has 2 atom stereocenters. The predicted octanol–water partition coefficient (Wildman–Crippen LogP) is 2.10. The second-order valence-corrected chi connectivity index (χ2v) is 6.47. The van der Waals surface area contributed by atoms with Gasteiger partial charge in [-0.2, -0.15) is 0 Å². The number of rotatable bonds is 4. The van der Waals surface area contributed by atoms with Crippen molar-refractivity contribution in [1.29, 1.82) is 0 Å². The molecule has 1 saturated heterocycles. The lowest BCUT2D eigenvalue weighted by Crippen LogP contribution is -2.41. The molecular formula is C15H25NO4. The number of aliphatic carboxylic acids is 1. The number of hydrogen-bond acceptors (Lipinski definition) is 3. The number of carboxylic acid groups (broad SMARTS) is 1. The average Bonchev–Trinajstić information content (AvgIpc) is 2.81. The molecule has 1 aliphatic heterocycles. The molecule has 0 aromatic rings. The van der Waals surface area contributed by atoms with Crippen molar-refractivity contribution in [3.8, 4) is 0 Å². The first kappa shape index (κ1) is 15.3. The molecule has 0 radical (unpaired) electrons. The normalized spacial score (nSPS) is 29.6. The lowest BCUT2D eigenvalue weighted by Gasteiger charge is -2.28. The zero-order valence-electron chi connectivity index (χ0n) is 12.2. The number of amides is 1. The highest BCUT2D eigenvalue weighted by molar-refractivity contribution is 5.82. The fourth-order valence-electron chi connectivity index (χ4n) is 3.18. The molecule has 2 rings (SSSR count). The number of carboxylic acids is 1. The Morgan fingerprint density at radius 1 is 1.15 bits per heavy atom. The van der Waals surface area contributed by atoms with Gasteiger partial charge >= 0.3 is 5.97 Å². The molecule has 0 aromatic carbocycles. The van der Waals surface area contributed by atoms with Gasteiger partial charge < -0.3 is 15.2 Å². The summed E-state index contributed by atoms with van der Waals surface area (Å²) in [6.07, 6.45) is 6.84. The van der Waals surface area contributed by atoms with Gasteiger partial charge in [0.25, 0.3) is 0 Å². The zero-order valence-corrected chi connectivity index (χ0v) is 12.2. The lowest BCUT2D eigenvalue weighted by atomic mass is 9.82. The third-order valence-corrected chi connectivity index (χ3v) is 4.59. The maximum atomic E-state index is 12.1. The van der Waals surface area contributed by atoms with Crippen LogP contribution in [0, 0.1) is 5.41 Å². The Balaban J connectivity index is 1.78. The maximum Gasteiger partial charge on any atom is 0.332 e. The Morgan fingerprint density at radius 3 is 2.30 bits per heavy atom. The molecule has 2 N–H and O–H groups in total. The largest absolute Gasteiger partial charge is 0.479 e. The minimum Gasteiger partial charge on any atom is -0.479 e. The maximum absolute atomic E-state index is 12.1. The van der Waals surface area contributed by atoms with Crippen molar-refractivity contribution in [3.05, 3.63) is 0 Å². The van der Waals surface area contributed by atoms with E-state index in [-0.39, 0.29) is 11.3 Å². The van der Waals surface area contributed by atoms with Crippen LogP contribution >= 0.6 is 0 Å². The van der Waals surface area contributed by atoms with E-state index in [1.807, 2.05) is 0 Å². The molecule has 2 fully saturated rings. The van der Waals surface area contributed by atoms with Crippen LogP contribution in [0.3, 0.4) is 0 Å². The van der Waals surface area contributed by atoms with Crippen molar-refractivity contribution < 1.29 is 19.4 Å². The summed E-state index contributed by atoms with van der Waals surface area (Å²) in [5, 5.41) is 11.8. The number of hydrogen-bond donors (Lipinski definition) is 2. The monoisotopic (exact) mass is 283 g/mol. The molecule has 1 amide bonds. The summed E-state index contributed by atoms with van der Waals surface area (Å²) in [6.45, 7) is 2.90. The molecule has 2 aliphatic rings. The third-order valence-electron chi connectivity index (χ3n) is 4.59. The molecule has 1 aliphatic carbocycles. The van der Waals surface area contributed by atoms with E-state index >= 15 is 0 Å². The van der Waals surface area contributed by atoms with Crippen molar-refractivity contribution >= 4 is 11.9 Å². The zero-order chi connectivity index (χ0) is 14.6. The topological polar surface area (TPSA) is 75.6 Å². The summed E-state index contributed by atoms with van der Waals surface area (Å²) < 4.78 is 5.27. The van der Waals surface area contributed by atoms with Gasteiger partial charge in [-0.1, -0.05) is 32.6 Å². The van der Waals surface area contributed by atoms with Crippen molar-refractivity contribution in [2.24, 2.45) is 5.41 Å². The predicted molar refractivity (Wildman–Crippen MR) is 74.3 cm³/mol. The van der Waals surface area contributed by atoms with Crippen LogP contribution in [0.15, 0.2) is 0 Å². The van der Waals surface area contributed by atoms with Crippen LogP contribution < -0.4 is 5.32 Å². The van der Waals surface area contributed by atoms with Gasteiger partial charge in [0.1, 0.15) is 6.10 Å². The van der Waals surface area contributed by atoms with Gasteiger partial charge in [-0.05, 0) is 31.1 Å². The molecular weight excluding hydrogens is 258 g/mol.